The highest BCUT2D eigenvalue weighted by molar-refractivity contribution is 6.31. The van der Waals surface area contributed by atoms with E-state index in [4.69, 9.17) is 11.6 Å². The van der Waals surface area contributed by atoms with Crippen LogP contribution in [0.1, 0.15) is 22.0 Å². The highest BCUT2D eigenvalue weighted by Gasteiger charge is 2.26. The van der Waals surface area contributed by atoms with Crippen LogP contribution in [0.5, 0.6) is 0 Å². The lowest BCUT2D eigenvalue weighted by atomic mass is 10.0. The first-order valence-electron chi connectivity index (χ1n) is 8.75. The van der Waals surface area contributed by atoms with Crippen molar-refractivity contribution in [1.29, 1.82) is 0 Å². The topological polar surface area (TPSA) is 35.6 Å². The predicted octanol–water partition coefficient (Wildman–Crippen LogP) is 3.20. The fraction of sp³-hybridized carbons (Fsp3) is 0.350. The van der Waals surface area contributed by atoms with Gasteiger partial charge in [0, 0.05) is 43.3 Å². The third-order valence-corrected chi connectivity index (χ3v) is 5.15. The minimum atomic E-state index is -0.354. The van der Waals surface area contributed by atoms with Gasteiger partial charge in [-0.3, -0.25) is 9.69 Å². The van der Waals surface area contributed by atoms with Crippen molar-refractivity contribution < 1.29 is 9.18 Å². The van der Waals surface area contributed by atoms with E-state index in [0.29, 0.717) is 17.1 Å². The summed E-state index contributed by atoms with van der Waals surface area (Å²) in [6.45, 7) is 4.24. The summed E-state index contributed by atoms with van der Waals surface area (Å²) < 4.78 is 13.0. The Morgan fingerprint density at radius 2 is 1.77 bits per heavy atom. The molecule has 0 bridgehead atoms. The molecule has 2 aromatic carbocycles. The zero-order chi connectivity index (χ0) is 18.5. The van der Waals surface area contributed by atoms with Gasteiger partial charge in [-0.25, -0.2) is 4.39 Å². The van der Waals surface area contributed by atoms with Crippen LogP contribution in [-0.2, 0) is 0 Å². The number of hydrogen-bond donors (Lipinski definition) is 1. The van der Waals surface area contributed by atoms with Crippen molar-refractivity contribution in [2.24, 2.45) is 0 Å². The van der Waals surface area contributed by atoms with Crippen molar-refractivity contribution in [3.8, 4) is 0 Å². The lowest BCUT2D eigenvalue weighted by Crippen LogP contribution is -2.48. The minimum Gasteiger partial charge on any atom is -0.350 e. The first-order chi connectivity index (χ1) is 12.5. The fourth-order valence-corrected chi connectivity index (χ4v) is 3.47. The Hall–Kier alpha value is -1.95. The quantitative estimate of drug-likeness (QED) is 0.871. The molecule has 1 fully saturated rings. The highest BCUT2D eigenvalue weighted by atomic mass is 35.5. The SMILES string of the molecule is CN1CCN(C(CNC(=O)c2ccc(F)cc2)c2ccccc2Cl)CC1. The van der Waals surface area contributed by atoms with E-state index in [1.54, 1.807) is 0 Å². The normalized spacial score (nSPS) is 17.0. The van der Waals surface area contributed by atoms with Crippen molar-refractivity contribution in [3.63, 3.8) is 0 Å². The highest BCUT2D eigenvalue weighted by Crippen LogP contribution is 2.28. The summed E-state index contributed by atoms with van der Waals surface area (Å²) in [6, 6.07) is 13.3. The lowest BCUT2D eigenvalue weighted by Gasteiger charge is -2.38. The van der Waals surface area contributed by atoms with Crippen LogP contribution < -0.4 is 5.32 Å². The second kappa shape index (κ2) is 8.62. The Labute approximate surface area is 158 Å². The monoisotopic (exact) mass is 375 g/mol. The molecule has 0 spiro atoms. The van der Waals surface area contributed by atoms with E-state index in [1.807, 2.05) is 24.3 Å². The molecule has 2 aromatic rings. The van der Waals surface area contributed by atoms with Gasteiger partial charge >= 0.3 is 0 Å². The summed E-state index contributed by atoms with van der Waals surface area (Å²) in [6.07, 6.45) is 0. The van der Waals surface area contributed by atoms with E-state index in [0.717, 1.165) is 31.7 Å². The third kappa shape index (κ3) is 4.61. The first-order valence-corrected chi connectivity index (χ1v) is 9.13. The second-order valence-corrected chi connectivity index (χ2v) is 7.00. The molecule has 1 heterocycles. The number of carbonyl (C=O) groups is 1. The van der Waals surface area contributed by atoms with Crippen LogP contribution in [0.15, 0.2) is 48.5 Å². The number of piperazine rings is 1. The lowest BCUT2D eigenvalue weighted by molar-refractivity contribution is 0.0886. The van der Waals surface area contributed by atoms with Crippen molar-refractivity contribution >= 4 is 17.5 Å². The number of nitrogens with zero attached hydrogens (tertiary/aromatic N) is 2. The van der Waals surface area contributed by atoms with Crippen molar-refractivity contribution in [2.75, 3.05) is 39.8 Å². The average molecular weight is 376 g/mol. The molecular formula is C20H23ClFN3O. The molecule has 3 rings (SSSR count). The number of carbonyl (C=O) groups excluding carboxylic acids is 1. The summed E-state index contributed by atoms with van der Waals surface area (Å²) in [5, 5.41) is 3.68. The van der Waals surface area contributed by atoms with E-state index in [1.165, 1.54) is 24.3 Å². The Balaban J connectivity index is 1.74. The maximum Gasteiger partial charge on any atom is 0.251 e. The van der Waals surface area contributed by atoms with Gasteiger partial charge in [0.15, 0.2) is 0 Å². The molecule has 1 N–H and O–H groups in total. The van der Waals surface area contributed by atoms with E-state index in [9.17, 15) is 9.18 Å². The zero-order valence-electron chi connectivity index (χ0n) is 14.8. The predicted molar refractivity (Wildman–Crippen MR) is 102 cm³/mol. The molecule has 1 unspecified atom stereocenters. The van der Waals surface area contributed by atoms with E-state index < -0.39 is 0 Å². The third-order valence-electron chi connectivity index (χ3n) is 4.81. The smallest absolute Gasteiger partial charge is 0.251 e. The molecule has 1 amide bonds. The van der Waals surface area contributed by atoms with Gasteiger partial charge in [0.05, 0.1) is 6.04 Å². The summed E-state index contributed by atoms with van der Waals surface area (Å²) >= 11 is 6.43. The number of benzene rings is 2. The summed E-state index contributed by atoms with van der Waals surface area (Å²) in [5.74, 6) is -0.566. The van der Waals surface area contributed by atoms with Gasteiger partial charge in [0.2, 0.25) is 0 Å². The Morgan fingerprint density at radius 1 is 1.12 bits per heavy atom. The van der Waals surface area contributed by atoms with E-state index in [2.05, 4.69) is 22.2 Å². The number of rotatable bonds is 5. The fourth-order valence-electron chi connectivity index (χ4n) is 3.21. The maximum absolute atomic E-state index is 13.0. The Bertz CT molecular complexity index is 745. The van der Waals surface area contributed by atoms with Gasteiger partial charge < -0.3 is 10.2 Å². The Kier molecular flexibility index (Phi) is 6.25. The number of amides is 1. The molecule has 1 aliphatic heterocycles. The summed E-state index contributed by atoms with van der Waals surface area (Å²) in [4.78, 5) is 17.1. The molecule has 1 saturated heterocycles. The Morgan fingerprint density at radius 3 is 2.42 bits per heavy atom. The number of likely N-dealkylation sites (N-methyl/N-ethyl adjacent to an activating group) is 1. The minimum absolute atomic E-state index is 0.00167. The van der Waals surface area contributed by atoms with Crippen molar-refractivity contribution in [1.82, 2.24) is 15.1 Å². The molecule has 0 radical (unpaired) electrons. The number of nitrogens with one attached hydrogen (secondary N) is 1. The molecule has 26 heavy (non-hydrogen) atoms. The van der Waals surface area contributed by atoms with Crippen molar-refractivity contribution in [2.45, 2.75) is 6.04 Å². The number of halogens is 2. The van der Waals surface area contributed by atoms with Crippen LogP contribution in [0.25, 0.3) is 0 Å². The van der Waals surface area contributed by atoms with Gasteiger partial charge in [0.1, 0.15) is 5.82 Å². The van der Waals surface area contributed by atoms with Gasteiger partial charge in [-0.05, 0) is 42.9 Å². The van der Waals surface area contributed by atoms with Gasteiger partial charge in [-0.15, -0.1) is 0 Å². The van der Waals surface area contributed by atoms with E-state index in [-0.39, 0.29) is 17.8 Å². The average Bonchev–Trinajstić information content (AvgIpc) is 2.65. The second-order valence-electron chi connectivity index (χ2n) is 6.59. The van der Waals surface area contributed by atoms with Crippen LogP contribution in [-0.4, -0.2) is 55.5 Å². The molecule has 138 valence electrons. The molecule has 0 saturated carbocycles. The molecule has 1 atom stereocenters. The van der Waals surface area contributed by atoms with Crippen LogP contribution >= 0.6 is 11.6 Å². The largest absolute Gasteiger partial charge is 0.350 e. The molecule has 0 aromatic heterocycles. The van der Waals surface area contributed by atoms with E-state index >= 15 is 0 Å². The molecular weight excluding hydrogens is 353 g/mol. The standard InChI is InChI=1S/C20H23ClFN3O/c1-24-10-12-25(13-11-24)19(17-4-2-3-5-18(17)21)14-23-20(26)15-6-8-16(22)9-7-15/h2-9,19H,10-14H2,1H3,(H,23,26). The summed E-state index contributed by atoms with van der Waals surface area (Å²) in [5.41, 5.74) is 1.46. The zero-order valence-corrected chi connectivity index (χ0v) is 15.5. The van der Waals surface area contributed by atoms with Gasteiger partial charge in [-0.1, -0.05) is 29.8 Å². The first kappa shape index (κ1) is 18.8. The molecule has 0 aliphatic carbocycles. The summed E-state index contributed by atoms with van der Waals surface area (Å²) in [7, 11) is 2.11. The molecule has 1 aliphatic rings. The van der Waals surface area contributed by atoms with Crippen LogP contribution in [0.2, 0.25) is 5.02 Å². The maximum atomic E-state index is 13.0. The number of hydrogen-bond acceptors (Lipinski definition) is 3. The van der Waals surface area contributed by atoms with Crippen molar-refractivity contribution in [3.05, 3.63) is 70.5 Å². The van der Waals surface area contributed by atoms with Gasteiger partial charge in [-0.2, -0.15) is 0 Å². The van der Waals surface area contributed by atoms with Crippen LogP contribution in [0.3, 0.4) is 0 Å². The molecule has 6 heteroatoms. The van der Waals surface area contributed by atoms with Gasteiger partial charge in [0.25, 0.3) is 5.91 Å². The van der Waals surface area contributed by atoms with Crippen LogP contribution in [0, 0.1) is 5.82 Å². The molecule has 4 nitrogen and oxygen atoms in total. The van der Waals surface area contributed by atoms with Crippen LogP contribution in [0.4, 0.5) is 4.39 Å².